The van der Waals surface area contributed by atoms with Crippen LogP contribution in [0.3, 0.4) is 0 Å². The number of hydrogen-bond donors (Lipinski definition) is 0. The van der Waals surface area contributed by atoms with E-state index in [0.29, 0.717) is 12.2 Å². The van der Waals surface area contributed by atoms with E-state index in [4.69, 9.17) is 0 Å². The molecule has 4 rings (SSSR count). The molecule has 0 saturated carbocycles. The van der Waals surface area contributed by atoms with Gasteiger partial charge in [-0.15, -0.1) is 0 Å². The molecular formula is C18H16N4O2. The fourth-order valence-corrected chi connectivity index (χ4v) is 3.07. The lowest BCUT2D eigenvalue weighted by molar-refractivity contribution is -0.123. The van der Waals surface area contributed by atoms with Gasteiger partial charge in [-0.25, -0.2) is 4.90 Å². The van der Waals surface area contributed by atoms with Crippen LogP contribution in [0.5, 0.6) is 0 Å². The summed E-state index contributed by atoms with van der Waals surface area (Å²) in [7, 11) is 0. The second-order valence-electron chi connectivity index (χ2n) is 6.03. The smallest absolute Gasteiger partial charge is 0.263 e. The van der Waals surface area contributed by atoms with Crippen LogP contribution >= 0.6 is 0 Å². The van der Waals surface area contributed by atoms with E-state index in [0.717, 1.165) is 11.1 Å². The SMILES string of the molecule is Cc1ccc(N2C(=O)[C@H]3N=NN(Cc4ccccc4)[C@@H]3C2=O)cc1. The molecular weight excluding hydrogens is 304 g/mol. The van der Waals surface area contributed by atoms with Gasteiger partial charge in [-0.2, -0.15) is 5.11 Å². The Morgan fingerprint density at radius 1 is 0.958 bits per heavy atom. The first-order valence-corrected chi connectivity index (χ1v) is 7.81. The summed E-state index contributed by atoms with van der Waals surface area (Å²) >= 11 is 0. The molecule has 2 amide bonds. The molecule has 6 heteroatoms. The van der Waals surface area contributed by atoms with Crippen molar-refractivity contribution in [1.29, 1.82) is 0 Å². The maximum absolute atomic E-state index is 12.8. The highest BCUT2D eigenvalue weighted by Gasteiger charge is 2.54. The first-order chi connectivity index (χ1) is 11.6. The Labute approximate surface area is 139 Å². The maximum atomic E-state index is 12.8. The van der Waals surface area contributed by atoms with Crippen LogP contribution < -0.4 is 4.90 Å². The predicted octanol–water partition coefficient (Wildman–Crippen LogP) is 2.49. The molecule has 1 fully saturated rings. The lowest BCUT2D eigenvalue weighted by Crippen LogP contribution is -2.39. The lowest BCUT2D eigenvalue weighted by Gasteiger charge is -2.20. The lowest BCUT2D eigenvalue weighted by atomic mass is 10.1. The molecule has 2 atom stereocenters. The van der Waals surface area contributed by atoms with Gasteiger partial charge in [0.2, 0.25) is 0 Å². The molecule has 2 aliphatic heterocycles. The summed E-state index contributed by atoms with van der Waals surface area (Å²) in [6.45, 7) is 2.41. The van der Waals surface area contributed by atoms with E-state index in [1.54, 1.807) is 17.1 Å². The molecule has 0 spiro atoms. The van der Waals surface area contributed by atoms with Gasteiger partial charge >= 0.3 is 0 Å². The van der Waals surface area contributed by atoms with Crippen LogP contribution in [0.2, 0.25) is 0 Å². The summed E-state index contributed by atoms with van der Waals surface area (Å²) in [6, 6.07) is 15.6. The highest BCUT2D eigenvalue weighted by Crippen LogP contribution is 2.32. The van der Waals surface area contributed by atoms with Crippen molar-refractivity contribution in [3.05, 3.63) is 65.7 Å². The van der Waals surface area contributed by atoms with E-state index in [9.17, 15) is 9.59 Å². The number of anilines is 1. The minimum absolute atomic E-state index is 0.269. The minimum atomic E-state index is -0.748. The zero-order chi connectivity index (χ0) is 16.7. The molecule has 24 heavy (non-hydrogen) atoms. The quantitative estimate of drug-likeness (QED) is 0.816. The number of benzene rings is 2. The summed E-state index contributed by atoms with van der Waals surface area (Å²) in [5.41, 5.74) is 2.68. The van der Waals surface area contributed by atoms with Crippen molar-refractivity contribution in [1.82, 2.24) is 5.01 Å². The third-order valence-corrected chi connectivity index (χ3v) is 4.34. The number of nitrogens with zero attached hydrogens (tertiary/aromatic N) is 4. The number of fused-ring (bicyclic) bond motifs is 1. The van der Waals surface area contributed by atoms with Gasteiger partial charge < -0.3 is 0 Å². The zero-order valence-corrected chi connectivity index (χ0v) is 13.2. The standard InChI is InChI=1S/C18H16N4O2/c1-12-7-9-14(10-8-12)22-17(23)15-16(18(22)24)21(20-19-15)11-13-5-3-2-4-6-13/h2-10,15-16H,11H2,1H3/t15-,16-/m0/s1. The maximum Gasteiger partial charge on any atom is 0.263 e. The third kappa shape index (κ3) is 2.27. The average Bonchev–Trinajstić information content (AvgIpc) is 3.11. The van der Waals surface area contributed by atoms with Crippen LogP contribution in [0.4, 0.5) is 5.69 Å². The van der Waals surface area contributed by atoms with Gasteiger partial charge in [0.15, 0.2) is 12.1 Å². The second kappa shape index (κ2) is 5.56. The largest absolute Gasteiger partial charge is 0.271 e. The van der Waals surface area contributed by atoms with Crippen LogP contribution in [0.1, 0.15) is 11.1 Å². The fraction of sp³-hybridized carbons (Fsp3) is 0.222. The third-order valence-electron chi connectivity index (χ3n) is 4.34. The van der Waals surface area contributed by atoms with Crippen LogP contribution in [-0.4, -0.2) is 28.9 Å². The minimum Gasteiger partial charge on any atom is -0.271 e. The van der Waals surface area contributed by atoms with E-state index in [-0.39, 0.29) is 11.8 Å². The number of aryl methyl sites for hydroxylation is 1. The molecule has 2 aromatic carbocycles. The molecule has 1 saturated heterocycles. The van der Waals surface area contributed by atoms with Gasteiger partial charge in [0, 0.05) is 0 Å². The molecule has 0 N–H and O–H groups in total. The molecule has 0 aliphatic carbocycles. The molecule has 120 valence electrons. The van der Waals surface area contributed by atoms with Crippen molar-refractivity contribution in [3.63, 3.8) is 0 Å². The number of amides is 2. The highest BCUT2D eigenvalue weighted by atomic mass is 16.2. The fourth-order valence-electron chi connectivity index (χ4n) is 3.07. The molecule has 0 aromatic heterocycles. The summed E-state index contributed by atoms with van der Waals surface area (Å²) in [4.78, 5) is 26.7. The molecule has 0 unspecified atom stereocenters. The normalized spacial score (nSPS) is 22.4. The van der Waals surface area contributed by atoms with Crippen LogP contribution in [0.25, 0.3) is 0 Å². The Bertz CT molecular complexity index is 817. The van der Waals surface area contributed by atoms with E-state index in [2.05, 4.69) is 10.3 Å². The van der Waals surface area contributed by atoms with Gasteiger partial charge in [-0.1, -0.05) is 53.3 Å². The number of hydrogen-bond acceptors (Lipinski definition) is 5. The molecule has 2 aromatic rings. The Morgan fingerprint density at radius 3 is 2.38 bits per heavy atom. The van der Waals surface area contributed by atoms with E-state index >= 15 is 0 Å². The number of carbonyl (C=O) groups excluding carboxylic acids is 2. The number of carbonyl (C=O) groups is 2. The predicted molar refractivity (Wildman–Crippen MR) is 88.1 cm³/mol. The topological polar surface area (TPSA) is 65.3 Å². The molecule has 2 aliphatic rings. The van der Waals surface area contributed by atoms with Crippen LogP contribution in [-0.2, 0) is 16.1 Å². The number of imide groups is 1. The molecule has 0 radical (unpaired) electrons. The second-order valence-corrected chi connectivity index (χ2v) is 6.03. The van der Waals surface area contributed by atoms with Gasteiger partial charge in [-0.05, 0) is 24.6 Å². The van der Waals surface area contributed by atoms with E-state index in [1.165, 1.54) is 4.90 Å². The number of rotatable bonds is 3. The van der Waals surface area contributed by atoms with Gasteiger partial charge in [0.05, 0.1) is 12.2 Å². The highest BCUT2D eigenvalue weighted by molar-refractivity contribution is 6.25. The Kier molecular flexibility index (Phi) is 3.37. The van der Waals surface area contributed by atoms with Gasteiger partial charge in [-0.3, -0.25) is 14.6 Å². The van der Waals surface area contributed by atoms with Gasteiger partial charge in [0.1, 0.15) is 0 Å². The summed E-state index contributed by atoms with van der Waals surface area (Å²) in [5.74, 6) is -0.581. The van der Waals surface area contributed by atoms with Gasteiger partial charge in [0.25, 0.3) is 11.8 Å². The van der Waals surface area contributed by atoms with Crippen molar-refractivity contribution in [2.45, 2.75) is 25.6 Å². The first-order valence-electron chi connectivity index (χ1n) is 7.81. The van der Waals surface area contributed by atoms with Crippen molar-refractivity contribution in [2.24, 2.45) is 10.3 Å². The van der Waals surface area contributed by atoms with Crippen molar-refractivity contribution < 1.29 is 9.59 Å². The summed E-state index contributed by atoms with van der Waals surface area (Å²) < 4.78 is 0. The summed E-state index contributed by atoms with van der Waals surface area (Å²) in [6.07, 6.45) is 0. The Hall–Kier alpha value is -3.02. The Balaban J connectivity index is 1.61. The van der Waals surface area contributed by atoms with Crippen LogP contribution in [0.15, 0.2) is 64.9 Å². The van der Waals surface area contributed by atoms with Crippen molar-refractivity contribution in [3.8, 4) is 0 Å². The van der Waals surface area contributed by atoms with Crippen LogP contribution in [0, 0.1) is 6.92 Å². The molecule has 6 nitrogen and oxygen atoms in total. The zero-order valence-electron chi connectivity index (χ0n) is 13.2. The molecule has 2 heterocycles. The van der Waals surface area contributed by atoms with Crippen molar-refractivity contribution >= 4 is 17.5 Å². The Morgan fingerprint density at radius 2 is 1.67 bits per heavy atom. The monoisotopic (exact) mass is 320 g/mol. The van der Waals surface area contributed by atoms with Crippen molar-refractivity contribution in [2.75, 3.05) is 4.90 Å². The van der Waals surface area contributed by atoms with E-state index in [1.807, 2.05) is 49.4 Å². The average molecular weight is 320 g/mol. The summed E-state index contributed by atoms with van der Waals surface area (Å²) in [5, 5.41) is 9.69. The first kappa shape index (κ1) is 14.6. The van der Waals surface area contributed by atoms with E-state index < -0.39 is 12.1 Å². The molecule has 0 bridgehead atoms.